The lowest BCUT2D eigenvalue weighted by Gasteiger charge is -2.38. The van der Waals surface area contributed by atoms with Crippen molar-refractivity contribution < 1.29 is 23.5 Å². The van der Waals surface area contributed by atoms with Crippen LogP contribution in [0.15, 0.2) is 84.9 Å². The molecule has 7 nitrogen and oxygen atoms in total. The van der Waals surface area contributed by atoms with Crippen LogP contribution in [0.2, 0.25) is 0 Å². The van der Waals surface area contributed by atoms with E-state index in [2.05, 4.69) is 5.32 Å². The molecule has 3 N–H and O–H groups in total. The summed E-state index contributed by atoms with van der Waals surface area (Å²) in [6.07, 6.45) is 1.33. The highest BCUT2D eigenvalue weighted by atomic mass is 35.5. The van der Waals surface area contributed by atoms with Gasteiger partial charge in [0.2, 0.25) is 5.91 Å². The van der Waals surface area contributed by atoms with Crippen LogP contribution < -0.4 is 20.5 Å². The van der Waals surface area contributed by atoms with Crippen LogP contribution in [0.3, 0.4) is 0 Å². The molecule has 7 rings (SSSR count). The molecule has 1 unspecified atom stereocenters. The van der Waals surface area contributed by atoms with Gasteiger partial charge in [-0.15, -0.1) is 12.4 Å². The van der Waals surface area contributed by atoms with E-state index in [9.17, 15) is 14.0 Å². The maximum absolute atomic E-state index is 14.7. The van der Waals surface area contributed by atoms with Gasteiger partial charge in [0.05, 0.1) is 19.1 Å². The first-order valence-electron chi connectivity index (χ1n) is 14.2. The van der Waals surface area contributed by atoms with E-state index in [-0.39, 0.29) is 42.4 Å². The molecule has 0 spiro atoms. The molecule has 0 saturated heterocycles. The number of fused-ring (bicyclic) bond motifs is 7. The zero-order chi connectivity index (χ0) is 29.1. The molecule has 0 aromatic heterocycles. The number of hydrogen-bond donors (Lipinski definition) is 2. The first-order valence-corrected chi connectivity index (χ1v) is 14.2. The number of amides is 2. The molecule has 2 amide bonds. The Bertz CT molecular complexity index is 1650. The molecule has 1 atom stereocenters. The van der Waals surface area contributed by atoms with Gasteiger partial charge in [-0.25, -0.2) is 4.39 Å². The Morgan fingerprint density at radius 2 is 1.86 bits per heavy atom. The largest absolute Gasteiger partial charge is 0.494 e. The monoisotopic (exact) mass is 601 g/mol. The number of hydrogen-bond acceptors (Lipinski definition) is 5. The van der Waals surface area contributed by atoms with E-state index in [1.165, 1.54) is 6.07 Å². The number of rotatable bonds is 2. The van der Waals surface area contributed by atoms with Gasteiger partial charge < -0.3 is 25.4 Å². The standard InChI is InChI=1S/C34H32FN3O4.ClH/c35-30-11-8-22-17-31(30)42-28-9-10-29-24(19-28)12-14-38(34(40)26-6-1-4-23(16-26)21-36)33(29)25-5-2-7-27(20-25)41-15-3-13-37-32(39)18-22;/h1-2,4-11,16-17,19-20,33H,3,12-15,18,21,36H2,(H,37,39);1H. The molecule has 222 valence electrons. The summed E-state index contributed by atoms with van der Waals surface area (Å²) in [6.45, 7) is 1.69. The molecular weight excluding hydrogens is 569 g/mol. The number of benzene rings is 4. The van der Waals surface area contributed by atoms with Crippen LogP contribution in [-0.4, -0.2) is 36.4 Å². The Balaban J connectivity index is 0.00000368. The predicted octanol–water partition coefficient (Wildman–Crippen LogP) is 5.73. The summed E-state index contributed by atoms with van der Waals surface area (Å²) in [5, 5.41) is 2.89. The number of nitrogens with one attached hydrogen (secondary N) is 1. The summed E-state index contributed by atoms with van der Waals surface area (Å²) in [4.78, 5) is 28.3. The summed E-state index contributed by atoms with van der Waals surface area (Å²) in [5.74, 6) is 0.482. The zero-order valence-electron chi connectivity index (χ0n) is 23.6. The molecule has 0 fully saturated rings. The highest BCUT2D eigenvalue weighted by molar-refractivity contribution is 5.95. The number of halogens is 2. The lowest BCUT2D eigenvalue weighted by Crippen LogP contribution is -2.40. The Labute approximate surface area is 256 Å². The zero-order valence-corrected chi connectivity index (χ0v) is 24.4. The molecule has 3 aliphatic heterocycles. The number of ether oxygens (including phenoxy) is 2. The third kappa shape index (κ3) is 6.66. The van der Waals surface area contributed by atoms with Crippen LogP contribution in [0.5, 0.6) is 17.2 Å². The second-order valence-electron chi connectivity index (χ2n) is 10.6. The molecule has 4 aromatic rings. The molecule has 0 aliphatic carbocycles. The van der Waals surface area contributed by atoms with Gasteiger partial charge in [0.1, 0.15) is 11.5 Å². The maximum Gasteiger partial charge on any atom is 0.254 e. The van der Waals surface area contributed by atoms with Crippen molar-refractivity contribution >= 4 is 24.2 Å². The molecule has 0 radical (unpaired) electrons. The minimum Gasteiger partial charge on any atom is -0.494 e. The number of carbonyl (C=O) groups is 2. The number of nitrogens with zero attached hydrogens (tertiary/aromatic N) is 1. The van der Waals surface area contributed by atoms with Crippen molar-refractivity contribution in [2.75, 3.05) is 19.7 Å². The third-order valence-corrected chi connectivity index (χ3v) is 7.69. The van der Waals surface area contributed by atoms with Crippen molar-refractivity contribution in [1.29, 1.82) is 0 Å². The third-order valence-electron chi connectivity index (χ3n) is 7.69. The van der Waals surface area contributed by atoms with Crippen LogP contribution in [-0.2, 0) is 24.2 Å². The van der Waals surface area contributed by atoms with E-state index in [0.29, 0.717) is 61.7 Å². The summed E-state index contributed by atoms with van der Waals surface area (Å²) in [5.41, 5.74) is 10.9. The highest BCUT2D eigenvalue weighted by Crippen LogP contribution is 2.39. The Hall–Kier alpha value is -4.40. The molecule has 43 heavy (non-hydrogen) atoms. The Morgan fingerprint density at radius 1 is 1.00 bits per heavy atom. The molecule has 4 aromatic carbocycles. The van der Waals surface area contributed by atoms with Crippen molar-refractivity contribution in [2.24, 2.45) is 5.73 Å². The van der Waals surface area contributed by atoms with E-state index < -0.39 is 5.82 Å². The van der Waals surface area contributed by atoms with E-state index in [4.69, 9.17) is 15.2 Å². The fraction of sp³-hybridized carbons (Fsp3) is 0.235. The van der Waals surface area contributed by atoms with Crippen molar-refractivity contribution in [3.63, 3.8) is 0 Å². The van der Waals surface area contributed by atoms with Gasteiger partial charge in [0.25, 0.3) is 5.91 Å². The quantitative estimate of drug-likeness (QED) is 0.306. The normalized spacial score (nSPS) is 16.4. The predicted molar refractivity (Wildman–Crippen MR) is 164 cm³/mol. The van der Waals surface area contributed by atoms with Crippen LogP contribution in [0.4, 0.5) is 4.39 Å². The summed E-state index contributed by atoms with van der Waals surface area (Å²) in [7, 11) is 0. The topological polar surface area (TPSA) is 93.9 Å². The van der Waals surface area contributed by atoms with Gasteiger partial charge in [0.15, 0.2) is 11.6 Å². The average molecular weight is 602 g/mol. The fourth-order valence-electron chi connectivity index (χ4n) is 5.62. The van der Waals surface area contributed by atoms with Gasteiger partial charge in [-0.2, -0.15) is 0 Å². The lowest BCUT2D eigenvalue weighted by molar-refractivity contribution is -0.120. The summed E-state index contributed by atoms with van der Waals surface area (Å²) in [6, 6.07) is 25.0. The van der Waals surface area contributed by atoms with Crippen LogP contribution in [0, 0.1) is 5.82 Å². The van der Waals surface area contributed by atoms with Crippen molar-refractivity contribution in [2.45, 2.75) is 31.8 Å². The summed E-state index contributed by atoms with van der Waals surface area (Å²) >= 11 is 0. The molecule has 9 heteroatoms. The molecule has 8 bridgehead atoms. The maximum atomic E-state index is 14.7. The Morgan fingerprint density at radius 3 is 2.72 bits per heavy atom. The molecular formula is C34H33ClFN3O4. The minimum absolute atomic E-state index is 0. The van der Waals surface area contributed by atoms with Crippen LogP contribution in [0.1, 0.15) is 50.6 Å². The van der Waals surface area contributed by atoms with Crippen LogP contribution in [0.25, 0.3) is 0 Å². The molecule has 3 aliphatic rings. The van der Waals surface area contributed by atoms with Gasteiger partial charge in [-0.1, -0.05) is 36.4 Å². The smallest absolute Gasteiger partial charge is 0.254 e. The average Bonchev–Trinajstić information content (AvgIpc) is 3.01. The van der Waals surface area contributed by atoms with E-state index in [1.807, 2.05) is 65.6 Å². The van der Waals surface area contributed by atoms with Gasteiger partial charge >= 0.3 is 0 Å². The summed E-state index contributed by atoms with van der Waals surface area (Å²) < 4.78 is 26.8. The van der Waals surface area contributed by atoms with E-state index in [1.54, 1.807) is 18.2 Å². The van der Waals surface area contributed by atoms with Crippen molar-refractivity contribution in [3.8, 4) is 17.2 Å². The SMILES string of the molecule is Cl.NCc1cccc(C(=O)N2CCc3cc4ccc3C2c2cccc(c2)OCCCNC(=O)Cc2ccc(F)c(c2)O4)c1. The second-order valence-corrected chi connectivity index (χ2v) is 10.6. The first kappa shape index (κ1) is 30.1. The number of nitrogens with two attached hydrogens (primary N) is 1. The van der Waals surface area contributed by atoms with Crippen molar-refractivity contribution in [1.82, 2.24) is 10.2 Å². The van der Waals surface area contributed by atoms with E-state index in [0.717, 1.165) is 22.3 Å². The minimum atomic E-state index is -0.508. The van der Waals surface area contributed by atoms with Gasteiger partial charge in [-0.3, -0.25) is 9.59 Å². The fourth-order valence-corrected chi connectivity index (χ4v) is 5.62. The Kier molecular flexibility index (Phi) is 9.28. The van der Waals surface area contributed by atoms with Gasteiger partial charge in [0, 0.05) is 25.2 Å². The number of carbonyl (C=O) groups excluding carboxylic acids is 2. The first-order chi connectivity index (χ1) is 20.5. The molecule has 0 saturated carbocycles. The second kappa shape index (κ2) is 13.3. The van der Waals surface area contributed by atoms with E-state index >= 15 is 0 Å². The van der Waals surface area contributed by atoms with Crippen LogP contribution >= 0.6 is 12.4 Å². The highest BCUT2D eigenvalue weighted by Gasteiger charge is 2.33. The van der Waals surface area contributed by atoms with Crippen molar-refractivity contribution in [3.05, 3.63) is 124 Å². The lowest BCUT2D eigenvalue weighted by atomic mass is 9.87. The van der Waals surface area contributed by atoms with Gasteiger partial charge in [-0.05, 0) is 89.2 Å². The molecule has 3 heterocycles.